The average Bonchev–Trinajstić information content (AvgIpc) is 2.11. The molecule has 0 spiro atoms. The molecule has 0 heterocycles. The molecule has 0 saturated heterocycles. The molecule has 4 N–H and O–H groups in total. The molecule has 0 radical (unpaired) electrons. The Morgan fingerprint density at radius 2 is 1.29 bits per heavy atom. The van der Waals surface area contributed by atoms with Gasteiger partial charge in [-0.1, -0.05) is 0 Å². The van der Waals surface area contributed by atoms with Crippen LogP contribution in [-0.2, 0) is 0 Å². The van der Waals surface area contributed by atoms with E-state index in [1.165, 1.54) is 0 Å². The Morgan fingerprint density at radius 3 is 1.50 bits per heavy atom. The summed E-state index contributed by atoms with van der Waals surface area (Å²) in [6.45, 7) is 2.57. The minimum absolute atomic E-state index is 0.200. The minimum atomic E-state index is -0.200. The molecule has 0 atom stereocenters. The van der Waals surface area contributed by atoms with Crippen molar-refractivity contribution in [2.75, 3.05) is 47.8 Å². The first kappa shape index (κ1) is 13.8. The molecule has 0 rings (SSSR count). The highest BCUT2D eigenvalue weighted by atomic mass is 15.1. The Labute approximate surface area is 88.2 Å². The lowest BCUT2D eigenvalue weighted by atomic mass is 9.92. The van der Waals surface area contributed by atoms with E-state index in [1.54, 1.807) is 0 Å². The molecule has 0 aromatic carbocycles. The van der Waals surface area contributed by atoms with Crippen LogP contribution in [0.4, 0.5) is 0 Å². The third kappa shape index (κ3) is 6.32. The predicted molar refractivity (Wildman–Crippen MR) is 62.3 cm³/mol. The molecule has 0 bridgehead atoms. The summed E-state index contributed by atoms with van der Waals surface area (Å²) in [4.78, 5) is 4.29. The number of nitrogens with two attached hydrogens (primary N) is 2. The van der Waals surface area contributed by atoms with Gasteiger partial charge in [0, 0.05) is 12.1 Å². The smallest absolute Gasteiger partial charge is 0.0303 e. The van der Waals surface area contributed by atoms with Crippen molar-refractivity contribution < 1.29 is 0 Å². The summed E-state index contributed by atoms with van der Waals surface area (Å²) < 4.78 is 0. The van der Waals surface area contributed by atoms with Gasteiger partial charge in [0.15, 0.2) is 0 Å². The molecule has 14 heavy (non-hydrogen) atoms. The number of rotatable bonds is 7. The fraction of sp³-hybridized carbons (Fsp3) is 1.00. The molecule has 0 aliphatic carbocycles. The van der Waals surface area contributed by atoms with Gasteiger partial charge in [-0.3, -0.25) is 0 Å². The maximum absolute atomic E-state index is 6.22. The van der Waals surface area contributed by atoms with Crippen LogP contribution in [0.1, 0.15) is 12.8 Å². The Kier molecular flexibility index (Phi) is 6.27. The maximum atomic E-state index is 6.22. The van der Waals surface area contributed by atoms with Gasteiger partial charge in [-0.05, 0) is 54.1 Å². The standard InChI is InChI=1S/C10H26N4/c1-13(2)7-5-10(12,9-11)6-8-14(3)4/h5-9,11-12H2,1-4H3. The number of hydrogen-bond donors (Lipinski definition) is 2. The van der Waals surface area contributed by atoms with Crippen molar-refractivity contribution in [1.29, 1.82) is 0 Å². The third-order valence-electron chi connectivity index (χ3n) is 2.52. The van der Waals surface area contributed by atoms with Crippen molar-refractivity contribution in [3.05, 3.63) is 0 Å². The molecule has 0 aromatic rings. The van der Waals surface area contributed by atoms with Crippen molar-refractivity contribution in [1.82, 2.24) is 9.80 Å². The summed E-state index contributed by atoms with van der Waals surface area (Å²) in [6.07, 6.45) is 1.93. The van der Waals surface area contributed by atoms with Crippen LogP contribution < -0.4 is 11.5 Å². The zero-order chi connectivity index (χ0) is 11.2. The Balaban J connectivity index is 3.91. The van der Waals surface area contributed by atoms with Crippen molar-refractivity contribution in [2.24, 2.45) is 11.5 Å². The molecule has 0 amide bonds. The van der Waals surface area contributed by atoms with Gasteiger partial charge in [-0.2, -0.15) is 0 Å². The third-order valence-corrected chi connectivity index (χ3v) is 2.52. The highest BCUT2D eigenvalue weighted by molar-refractivity contribution is 4.86. The van der Waals surface area contributed by atoms with Crippen LogP contribution in [0.2, 0.25) is 0 Å². The summed E-state index contributed by atoms with van der Waals surface area (Å²) in [7, 11) is 8.23. The summed E-state index contributed by atoms with van der Waals surface area (Å²) in [5, 5.41) is 0. The lowest BCUT2D eigenvalue weighted by Gasteiger charge is -2.30. The molecular weight excluding hydrogens is 176 g/mol. The SMILES string of the molecule is CN(C)CCC(N)(CN)CCN(C)C. The molecular formula is C10H26N4. The zero-order valence-electron chi connectivity index (χ0n) is 10.1. The van der Waals surface area contributed by atoms with Gasteiger partial charge in [0.2, 0.25) is 0 Å². The van der Waals surface area contributed by atoms with E-state index >= 15 is 0 Å². The second-order valence-corrected chi connectivity index (χ2v) is 4.67. The number of nitrogens with zero attached hydrogens (tertiary/aromatic N) is 2. The normalized spacial score (nSPS) is 12.9. The molecule has 0 unspecified atom stereocenters. The van der Waals surface area contributed by atoms with Crippen LogP contribution in [0, 0.1) is 0 Å². The highest BCUT2D eigenvalue weighted by Gasteiger charge is 2.22. The summed E-state index contributed by atoms with van der Waals surface area (Å²) in [5.41, 5.74) is 11.7. The fourth-order valence-electron chi connectivity index (χ4n) is 1.22. The van der Waals surface area contributed by atoms with E-state index in [0.717, 1.165) is 25.9 Å². The lowest BCUT2D eigenvalue weighted by Crippen LogP contribution is -2.50. The van der Waals surface area contributed by atoms with Crippen LogP contribution >= 0.6 is 0 Å². The quantitative estimate of drug-likeness (QED) is 0.587. The highest BCUT2D eigenvalue weighted by Crippen LogP contribution is 2.11. The second-order valence-electron chi connectivity index (χ2n) is 4.67. The van der Waals surface area contributed by atoms with Gasteiger partial charge in [0.25, 0.3) is 0 Å². The van der Waals surface area contributed by atoms with E-state index in [4.69, 9.17) is 11.5 Å². The van der Waals surface area contributed by atoms with E-state index in [-0.39, 0.29) is 5.54 Å². The van der Waals surface area contributed by atoms with Gasteiger partial charge in [0.1, 0.15) is 0 Å². The van der Waals surface area contributed by atoms with E-state index in [1.807, 2.05) is 0 Å². The molecule has 4 nitrogen and oxygen atoms in total. The van der Waals surface area contributed by atoms with Crippen LogP contribution in [0.25, 0.3) is 0 Å². The monoisotopic (exact) mass is 202 g/mol. The first-order valence-electron chi connectivity index (χ1n) is 5.18. The van der Waals surface area contributed by atoms with Crippen LogP contribution in [-0.4, -0.2) is 63.2 Å². The van der Waals surface area contributed by atoms with Gasteiger partial charge >= 0.3 is 0 Å². The molecule has 0 fully saturated rings. The summed E-state index contributed by atoms with van der Waals surface area (Å²) in [6, 6.07) is 0. The van der Waals surface area contributed by atoms with Crippen molar-refractivity contribution in [3.8, 4) is 0 Å². The van der Waals surface area contributed by atoms with Crippen LogP contribution in [0.3, 0.4) is 0 Å². The summed E-state index contributed by atoms with van der Waals surface area (Å²) in [5.74, 6) is 0. The van der Waals surface area contributed by atoms with Crippen molar-refractivity contribution >= 4 is 0 Å². The number of hydrogen-bond acceptors (Lipinski definition) is 4. The lowest BCUT2D eigenvalue weighted by molar-refractivity contribution is 0.272. The zero-order valence-corrected chi connectivity index (χ0v) is 10.1. The molecule has 0 aliphatic rings. The van der Waals surface area contributed by atoms with Crippen molar-refractivity contribution in [2.45, 2.75) is 18.4 Å². The van der Waals surface area contributed by atoms with E-state index < -0.39 is 0 Å². The topological polar surface area (TPSA) is 58.5 Å². The van der Waals surface area contributed by atoms with Gasteiger partial charge in [-0.25, -0.2) is 0 Å². The Morgan fingerprint density at radius 1 is 0.929 bits per heavy atom. The molecule has 4 heteroatoms. The molecule has 86 valence electrons. The first-order chi connectivity index (χ1) is 6.39. The van der Waals surface area contributed by atoms with Gasteiger partial charge in [-0.15, -0.1) is 0 Å². The van der Waals surface area contributed by atoms with Gasteiger partial charge < -0.3 is 21.3 Å². The largest absolute Gasteiger partial charge is 0.329 e. The van der Waals surface area contributed by atoms with Crippen LogP contribution in [0.5, 0.6) is 0 Å². The van der Waals surface area contributed by atoms with Crippen LogP contribution in [0.15, 0.2) is 0 Å². The maximum Gasteiger partial charge on any atom is 0.0303 e. The molecule has 0 aromatic heterocycles. The van der Waals surface area contributed by atoms with E-state index in [0.29, 0.717) is 6.54 Å². The Bertz CT molecular complexity index is 133. The van der Waals surface area contributed by atoms with Gasteiger partial charge in [0.05, 0.1) is 0 Å². The van der Waals surface area contributed by atoms with E-state index in [2.05, 4.69) is 38.0 Å². The summed E-state index contributed by atoms with van der Waals surface area (Å²) >= 11 is 0. The predicted octanol–water partition coefficient (Wildman–Crippen LogP) is -0.454. The molecule has 0 saturated carbocycles. The van der Waals surface area contributed by atoms with E-state index in [9.17, 15) is 0 Å². The Hall–Kier alpha value is -0.160. The average molecular weight is 202 g/mol. The first-order valence-corrected chi connectivity index (χ1v) is 5.18. The second kappa shape index (κ2) is 6.35. The minimum Gasteiger partial charge on any atom is -0.329 e. The molecule has 0 aliphatic heterocycles. The van der Waals surface area contributed by atoms with Crippen molar-refractivity contribution in [3.63, 3.8) is 0 Å². The fourth-order valence-corrected chi connectivity index (χ4v) is 1.22.